The molecule has 1 atom stereocenters. The van der Waals surface area contributed by atoms with Crippen LogP contribution in [0, 0.1) is 6.92 Å². The lowest BCUT2D eigenvalue weighted by atomic mass is 10.1. The minimum absolute atomic E-state index is 0.0299. The third kappa shape index (κ3) is 4.21. The van der Waals surface area contributed by atoms with E-state index in [0.29, 0.717) is 10.0 Å². The van der Waals surface area contributed by atoms with Gasteiger partial charge in [-0.2, -0.15) is 11.8 Å². The van der Waals surface area contributed by atoms with Gasteiger partial charge in [-0.05, 0) is 30.9 Å². The molecule has 0 spiro atoms. The molecule has 0 saturated heterocycles. The summed E-state index contributed by atoms with van der Waals surface area (Å²) >= 11 is 4.74. The van der Waals surface area contributed by atoms with Crippen molar-refractivity contribution in [1.82, 2.24) is 4.72 Å². The van der Waals surface area contributed by atoms with Crippen LogP contribution in [0.5, 0.6) is 0 Å². The van der Waals surface area contributed by atoms with Crippen LogP contribution in [0.4, 0.5) is 0 Å². The Morgan fingerprint density at radius 2 is 2.10 bits per heavy atom. The molecule has 8 heteroatoms. The predicted molar refractivity (Wildman–Crippen MR) is 84.0 cm³/mol. The zero-order valence-electron chi connectivity index (χ0n) is 11.3. The number of rotatable bonds is 6. The van der Waals surface area contributed by atoms with Crippen molar-refractivity contribution in [2.45, 2.75) is 24.0 Å². The summed E-state index contributed by atoms with van der Waals surface area (Å²) in [5, 5.41) is 9.23. The maximum Gasteiger partial charge on any atom is 0.336 e. The molecule has 0 saturated carbocycles. The number of carbonyl (C=O) groups is 1. The molecule has 0 aliphatic rings. The molecule has 0 aliphatic heterocycles. The van der Waals surface area contributed by atoms with E-state index in [4.69, 9.17) is 5.11 Å². The molecular weight excluding hydrogens is 366 g/mol. The highest BCUT2D eigenvalue weighted by Gasteiger charge is 2.20. The van der Waals surface area contributed by atoms with E-state index in [1.807, 2.05) is 13.2 Å². The fraction of sp³-hybridized carbons (Fsp3) is 0.417. The molecular formula is C12H16BrNO4S2. The molecule has 1 unspecified atom stereocenters. The molecule has 5 nitrogen and oxygen atoms in total. The summed E-state index contributed by atoms with van der Waals surface area (Å²) in [5.74, 6) is -1.15. The second kappa shape index (κ2) is 6.93. The number of carboxylic acids is 1. The van der Waals surface area contributed by atoms with Gasteiger partial charge in [0, 0.05) is 16.3 Å². The zero-order valence-corrected chi connectivity index (χ0v) is 14.5. The topological polar surface area (TPSA) is 83.5 Å². The Labute approximate surface area is 131 Å². The molecule has 0 radical (unpaired) electrons. The van der Waals surface area contributed by atoms with E-state index < -0.39 is 16.0 Å². The largest absolute Gasteiger partial charge is 0.478 e. The number of halogens is 1. The number of thioether (sulfide) groups is 1. The summed E-state index contributed by atoms with van der Waals surface area (Å²) in [5.41, 5.74) is 0.464. The number of aromatic carboxylic acids is 1. The smallest absolute Gasteiger partial charge is 0.336 e. The van der Waals surface area contributed by atoms with Gasteiger partial charge in [-0.1, -0.05) is 22.9 Å². The van der Waals surface area contributed by atoms with Crippen molar-refractivity contribution in [3.05, 3.63) is 27.7 Å². The quantitative estimate of drug-likeness (QED) is 0.790. The number of nitrogens with one attached hydrogen (secondary N) is 1. The number of carboxylic acid groups (broad SMARTS) is 1. The Bertz CT molecular complexity index is 616. The molecule has 1 aromatic carbocycles. The Morgan fingerprint density at radius 3 is 2.60 bits per heavy atom. The third-order valence-corrected chi connectivity index (χ3v) is 6.02. The lowest BCUT2D eigenvalue weighted by Crippen LogP contribution is -2.29. The van der Waals surface area contributed by atoms with Gasteiger partial charge in [0.2, 0.25) is 10.0 Å². The van der Waals surface area contributed by atoms with Gasteiger partial charge in [0.15, 0.2) is 0 Å². The van der Waals surface area contributed by atoms with Crippen molar-refractivity contribution >= 4 is 43.7 Å². The van der Waals surface area contributed by atoms with Crippen LogP contribution >= 0.6 is 27.7 Å². The highest BCUT2D eigenvalue weighted by Crippen LogP contribution is 2.25. The Kier molecular flexibility index (Phi) is 6.06. The number of hydrogen-bond acceptors (Lipinski definition) is 4. The van der Waals surface area contributed by atoms with Gasteiger partial charge in [-0.15, -0.1) is 0 Å². The second-order valence-electron chi connectivity index (χ2n) is 4.28. The second-order valence-corrected chi connectivity index (χ2v) is 8.18. The number of benzene rings is 1. The van der Waals surface area contributed by atoms with E-state index in [9.17, 15) is 13.2 Å². The highest BCUT2D eigenvalue weighted by atomic mass is 79.9. The van der Waals surface area contributed by atoms with Crippen molar-refractivity contribution in [2.75, 3.05) is 12.8 Å². The first-order chi connectivity index (χ1) is 9.19. The summed E-state index contributed by atoms with van der Waals surface area (Å²) in [6, 6.07) is 2.59. The summed E-state index contributed by atoms with van der Waals surface area (Å²) < 4.78 is 27.2. The van der Waals surface area contributed by atoms with E-state index >= 15 is 0 Å². The summed E-state index contributed by atoms with van der Waals surface area (Å²) in [6.07, 6.45) is 1.89. The zero-order chi connectivity index (χ0) is 15.5. The molecule has 0 aromatic heterocycles. The first-order valence-corrected chi connectivity index (χ1v) is 9.31. The van der Waals surface area contributed by atoms with E-state index in [2.05, 4.69) is 20.7 Å². The standard InChI is InChI=1S/C12H16BrNO4S2/c1-7(19-3)6-14-20(17,18)9-4-10(12(15)16)8(2)11(13)5-9/h4-5,7,14H,6H2,1-3H3,(H,15,16). The van der Waals surface area contributed by atoms with Gasteiger partial charge >= 0.3 is 5.97 Å². The van der Waals surface area contributed by atoms with E-state index in [-0.39, 0.29) is 22.3 Å². The van der Waals surface area contributed by atoms with Gasteiger partial charge in [0.25, 0.3) is 0 Å². The van der Waals surface area contributed by atoms with Gasteiger partial charge in [-0.25, -0.2) is 17.9 Å². The first-order valence-electron chi connectivity index (χ1n) is 5.75. The van der Waals surface area contributed by atoms with Gasteiger partial charge in [-0.3, -0.25) is 0 Å². The normalized spacial score (nSPS) is 13.2. The maximum absolute atomic E-state index is 12.2. The van der Waals surface area contributed by atoms with Gasteiger partial charge < -0.3 is 5.11 Å². The molecule has 1 rings (SSSR count). The molecule has 20 heavy (non-hydrogen) atoms. The lowest BCUT2D eigenvalue weighted by molar-refractivity contribution is 0.0695. The van der Waals surface area contributed by atoms with Gasteiger partial charge in [0.1, 0.15) is 0 Å². The summed E-state index contributed by atoms with van der Waals surface area (Å²) in [7, 11) is -3.72. The summed E-state index contributed by atoms with van der Waals surface area (Å²) in [4.78, 5) is 11.1. The number of hydrogen-bond donors (Lipinski definition) is 2. The average Bonchev–Trinajstić information content (AvgIpc) is 2.38. The predicted octanol–water partition coefficient (Wildman–Crippen LogP) is 2.49. The molecule has 0 fully saturated rings. The first kappa shape index (κ1) is 17.5. The SMILES string of the molecule is CSC(C)CNS(=O)(=O)c1cc(Br)c(C)c(C(=O)O)c1. The van der Waals surface area contributed by atoms with E-state index in [1.54, 1.807) is 18.7 Å². The van der Waals surface area contributed by atoms with Crippen LogP contribution in [0.15, 0.2) is 21.5 Å². The van der Waals surface area contributed by atoms with Crippen LogP contribution in [-0.2, 0) is 10.0 Å². The molecule has 0 bridgehead atoms. The van der Waals surface area contributed by atoms with Crippen molar-refractivity contribution in [3.8, 4) is 0 Å². The van der Waals surface area contributed by atoms with Crippen molar-refractivity contribution in [3.63, 3.8) is 0 Å². The fourth-order valence-corrected chi connectivity index (χ4v) is 3.57. The fourth-order valence-electron chi connectivity index (χ4n) is 1.42. The van der Waals surface area contributed by atoms with Crippen molar-refractivity contribution < 1.29 is 18.3 Å². The molecule has 1 aromatic rings. The van der Waals surface area contributed by atoms with Crippen molar-refractivity contribution in [2.24, 2.45) is 0 Å². The molecule has 0 heterocycles. The van der Waals surface area contributed by atoms with Crippen LogP contribution in [-0.4, -0.2) is 37.5 Å². The van der Waals surface area contributed by atoms with Crippen molar-refractivity contribution in [1.29, 1.82) is 0 Å². The molecule has 2 N–H and O–H groups in total. The Balaban J connectivity index is 3.16. The Morgan fingerprint density at radius 1 is 1.50 bits per heavy atom. The highest BCUT2D eigenvalue weighted by molar-refractivity contribution is 9.10. The lowest BCUT2D eigenvalue weighted by Gasteiger charge is -2.12. The third-order valence-electron chi connectivity index (χ3n) is 2.82. The van der Waals surface area contributed by atoms with E-state index in [0.717, 1.165) is 0 Å². The summed E-state index contributed by atoms with van der Waals surface area (Å²) in [6.45, 7) is 3.81. The van der Waals surface area contributed by atoms with Crippen LogP contribution in [0.3, 0.4) is 0 Å². The molecule has 0 amide bonds. The maximum atomic E-state index is 12.2. The van der Waals surface area contributed by atoms with Crippen LogP contribution in [0.25, 0.3) is 0 Å². The van der Waals surface area contributed by atoms with Crippen LogP contribution in [0.1, 0.15) is 22.8 Å². The number of sulfonamides is 1. The minimum Gasteiger partial charge on any atom is -0.478 e. The van der Waals surface area contributed by atoms with Crippen LogP contribution in [0.2, 0.25) is 0 Å². The minimum atomic E-state index is -3.72. The van der Waals surface area contributed by atoms with E-state index in [1.165, 1.54) is 12.1 Å². The molecule has 0 aliphatic carbocycles. The monoisotopic (exact) mass is 381 g/mol. The average molecular weight is 382 g/mol. The van der Waals surface area contributed by atoms with Crippen LogP contribution < -0.4 is 4.72 Å². The van der Waals surface area contributed by atoms with Gasteiger partial charge in [0.05, 0.1) is 10.5 Å². The Hall–Kier alpha value is -0.570. The molecule has 112 valence electrons.